The van der Waals surface area contributed by atoms with Crippen LogP contribution in [-0.4, -0.2) is 45.0 Å². The summed E-state index contributed by atoms with van der Waals surface area (Å²) in [5, 5.41) is 0. The van der Waals surface area contributed by atoms with Crippen LogP contribution >= 0.6 is 0 Å². The first kappa shape index (κ1) is 14.8. The highest BCUT2D eigenvalue weighted by atomic mass is 16.5. The van der Waals surface area contributed by atoms with Crippen molar-refractivity contribution in [3.8, 4) is 0 Å². The number of carbonyl (C=O) groups is 1. The molecule has 0 radical (unpaired) electrons. The number of nitrogens with two attached hydrogens (primary N) is 1. The van der Waals surface area contributed by atoms with Gasteiger partial charge in [-0.1, -0.05) is 6.42 Å². The summed E-state index contributed by atoms with van der Waals surface area (Å²) in [4.78, 5) is 11.8. The molecule has 2 fully saturated rings. The van der Waals surface area contributed by atoms with Crippen LogP contribution in [0.2, 0.25) is 0 Å². The van der Waals surface area contributed by atoms with Gasteiger partial charge in [0.05, 0.1) is 20.3 Å². The highest BCUT2D eigenvalue weighted by Crippen LogP contribution is 2.36. The van der Waals surface area contributed by atoms with E-state index in [0.29, 0.717) is 12.5 Å². The zero-order valence-corrected chi connectivity index (χ0v) is 11.7. The molecule has 19 heavy (non-hydrogen) atoms. The van der Waals surface area contributed by atoms with Gasteiger partial charge in [0.2, 0.25) is 0 Å². The molecule has 2 rings (SSSR count). The summed E-state index contributed by atoms with van der Waals surface area (Å²) >= 11 is 0. The molecule has 0 aromatic rings. The fraction of sp³-hybridized carbons (Fsp3) is 0.929. The van der Waals surface area contributed by atoms with E-state index >= 15 is 0 Å². The standard InChI is InChI=1S/C14H25NO4/c1-17-13(16)14(15)6-2-3-12(14)5-8-19-10-11-4-7-18-9-11/h11-12H,2-10,15H2,1H3. The molecule has 1 saturated heterocycles. The third-order valence-electron chi connectivity index (χ3n) is 4.43. The minimum absolute atomic E-state index is 0.180. The average Bonchev–Trinajstić information content (AvgIpc) is 3.04. The van der Waals surface area contributed by atoms with Gasteiger partial charge in [-0.2, -0.15) is 0 Å². The topological polar surface area (TPSA) is 70.8 Å². The van der Waals surface area contributed by atoms with E-state index in [9.17, 15) is 4.79 Å². The van der Waals surface area contributed by atoms with E-state index in [-0.39, 0.29) is 11.9 Å². The van der Waals surface area contributed by atoms with Crippen LogP contribution in [0, 0.1) is 11.8 Å². The second kappa shape index (κ2) is 6.68. The number of hydrogen-bond acceptors (Lipinski definition) is 5. The molecule has 5 nitrogen and oxygen atoms in total. The van der Waals surface area contributed by atoms with E-state index in [1.54, 1.807) is 0 Å². The molecule has 1 aliphatic heterocycles. The van der Waals surface area contributed by atoms with Gasteiger partial charge in [-0.15, -0.1) is 0 Å². The quantitative estimate of drug-likeness (QED) is 0.578. The van der Waals surface area contributed by atoms with Crippen molar-refractivity contribution in [3.05, 3.63) is 0 Å². The highest BCUT2D eigenvalue weighted by Gasteiger charge is 2.46. The van der Waals surface area contributed by atoms with Crippen LogP contribution in [0.3, 0.4) is 0 Å². The van der Waals surface area contributed by atoms with Gasteiger partial charge in [0.15, 0.2) is 0 Å². The van der Waals surface area contributed by atoms with Gasteiger partial charge in [-0.3, -0.25) is 4.79 Å². The van der Waals surface area contributed by atoms with Crippen LogP contribution in [0.15, 0.2) is 0 Å². The number of methoxy groups -OCH3 is 1. The third-order valence-corrected chi connectivity index (χ3v) is 4.43. The van der Waals surface area contributed by atoms with Crippen molar-refractivity contribution in [1.29, 1.82) is 0 Å². The van der Waals surface area contributed by atoms with Gasteiger partial charge in [-0.25, -0.2) is 0 Å². The van der Waals surface area contributed by atoms with Gasteiger partial charge in [0, 0.05) is 19.1 Å². The van der Waals surface area contributed by atoms with E-state index < -0.39 is 5.54 Å². The summed E-state index contributed by atoms with van der Waals surface area (Å²) in [6.45, 7) is 3.08. The smallest absolute Gasteiger partial charge is 0.326 e. The minimum atomic E-state index is -0.797. The fourth-order valence-electron chi connectivity index (χ4n) is 3.15. The maximum atomic E-state index is 11.8. The van der Waals surface area contributed by atoms with Crippen molar-refractivity contribution in [2.45, 2.75) is 37.6 Å². The molecule has 3 atom stereocenters. The number of hydrogen-bond donors (Lipinski definition) is 1. The lowest BCUT2D eigenvalue weighted by Gasteiger charge is -2.28. The number of esters is 1. The molecule has 0 aromatic heterocycles. The largest absolute Gasteiger partial charge is 0.468 e. The number of carbonyl (C=O) groups excluding carboxylic acids is 1. The predicted octanol–water partition coefficient (Wildman–Crippen LogP) is 1.10. The maximum absolute atomic E-state index is 11.8. The lowest BCUT2D eigenvalue weighted by atomic mass is 9.86. The minimum Gasteiger partial charge on any atom is -0.468 e. The van der Waals surface area contributed by atoms with E-state index in [4.69, 9.17) is 19.9 Å². The van der Waals surface area contributed by atoms with Crippen LogP contribution < -0.4 is 5.73 Å². The molecule has 0 amide bonds. The molecule has 3 unspecified atom stereocenters. The molecule has 0 aromatic carbocycles. The van der Waals surface area contributed by atoms with Gasteiger partial charge in [0.25, 0.3) is 0 Å². The summed E-state index contributed by atoms with van der Waals surface area (Å²) in [5.74, 6) is 0.436. The lowest BCUT2D eigenvalue weighted by Crippen LogP contribution is -2.51. The summed E-state index contributed by atoms with van der Waals surface area (Å²) < 4.78 is 15.8. The first-order valence-electron chi connectivity index (χ1n) is 7.19. The molecular formula is C14H25NO4. The average molecular weight is 271 g/mol. The lowest BCUT2D eigenvalue weighted by molar-refractivity contribution is -0.148. The molecule has 0 bridgehead atoms. The van der Waals surface area contributed by atoms with Crippen LogP contribution in [0.1, 0.15) is 32.1 Å². The Morgan fingerprint density at radius 1 is 1.47 bits per heavy atom. The van der Waals surface area contributed by atoms with Crippen LogP contribution in [-0.2, 0) is 19.0 Å². The molecule has 110 valence electrons. The Bertz CT molecular complexity index is 304. The Balaban J connectivity index is 1.70. The maximum Gasteiger partial charge on any atom is 0.326 e. The van der Waals surface area contributed by atoms with Crippen LogP contribution in [0.4, 0.5) is 0 Å². The van der Waals surface area contributed by atoms with Crippen molar-refractivity contribution in [1.82, 2.24) is 0 Å². The Labute approximate surface area is 114 Å². The summed E-state index contributed by atoms with van der Waals surface area (Å²) in [6, 6.07) is 0. The number of ether oxygens (including phenoxy) is 3. The second-order valence-corrected chi connectivity index (χ2v) is 5.71. The van der Waals surface area contributed by atoms with E-state index in [1.807, 2.05) is 0 Å². The molecule has 1 heterocycles. The normalized spacial score (nSPS) is 34.6. The Morgan fingerprint density at radius 3 is 3.00 bits per heavy atom. The molecule has 0 spiro atoms. The summed E-state index contributed by atoms with van der Waals surface area (Å²) in [5.41, 5.74) is 5.41. The van der Waals surface area contributed by atoms with Crippen molar-refractivity contribution in [2.24, 2.45) is 17.6 Å². The second-order valence-electron chi connectivity index (χ2n) is 5.71. The molecule has 1 saturated carbocycles. The SMILES string of the molecule is COC(=O)C1(N)CCCC1CCOCC1CCOC1. The summed E-state index contributed by atoms with van der Waals surface area (Å²) in [6.07, 6.45) is 4.63. The molecule has 2 N–H and O–H groups in total. The van der Waals surface area contributed by atoms with Crippen molar-refractivity contribution < 1.29 is 19.0 Å². The fourth-order valence-corrected chi connectivity index (χ4v) is 3.15. The van der Waals surface area contributed by atoms with Gasteiger partial charge in [0.1, 0.15) is 5.54 Å². The molecule has 2 aliphatic rings. The van der Waals surface area contributed by atoms with Crippen LogP contribution in [0.25, 0.3) is 0 Å². The summed E-state index contributed by atoms with van der Waals surface area (Å²) in [7, 11) is 1.41. The zero-order chi connectivity index (χ0) is 13.7. The Kier molecular flexibility index (Phi) is 5.19. The van der Waals surface area contributed by atoms with Crippen molar-refractivity contribution in [3.63, 3.8) is 0 Å². The highest BCUT2D eigenvalue weighted by molar-refractivity contribution is 5.81. The first-order chi connectivity index (χ1) is 9.16. The van der Waals surface area contributed by atoms with Crippen molar-refractivity contribution >= 4 is 5.97 Å². The molecule has 5 heteroatoms. The first-order valence-corrected chi connectivity index (χ1v) is 7.19. The Hall–Kier alpha value is -0.650. The Morgan fingerprint density at radius 2 is 2.32 bits per heavy atom. The van der Waals surface area contributed by atoms with E-state index in [2.05, 4.69) is 0 Å². The van der Waals surface area contributed by atoms with E-state index in [0.717, 1.165) is 51.9 Å². The van der Waals surface area contributed by atoms with Crippen LogP contribution in [0.5, 0.6) is 0 Å². The number of rotatable bonds is 6. The zero-order valence-electron chi connectivity index (χ0n) is 11.7. The molecular weight excluding hydrogens is 246 g/mol. The predicted molar refractivity (Wildman–Crippen MR) is 70.6 cm³/mol. The van der Waals surface area contributed by atoms with Gasteiger partial charge >= 0.3 is 5.97 Å². The van der Waals surface area contributed by atoms with E-state index in [1.165, 1.54) is 7.11 Å². The molecule has 1 aliphatic carbocycles. The van der Waals surface area contributed by atoms with Gasteiger partial charge in [-0.05, 0) is 31.6 Å². The van der Waals surface area contributed by atoms with Crippen molar-refractivity contribution in [2.75, 3.05) is 33.5 Å². The van der Waals surface area contributed by atoms with Gasteiger partial charge < -0.3 is 19.9 Å². The third kappa shape index (κ3) is 3.46. The monoisotopic (exact) mass is 271 g/mol.